The van der Waals surface area contributed by atoms with E-state index in [2.05, 4.69) is 0 Å². The summed E-state index contributed by atoms with van der Waals surface area (Å²) >= 11 is 5.65. The van der Waals surface area contributed by atoms with E-state index in [0.29, 0.717) is 5.02 Å². The third-order valence-electron chi connectivity index (χ3n) is 3.17. The highest BCUT2D eigenvalue weighted by Gasteiger charge is 2.30. The van der Waals surface area contributed by atoms with Gasteiger partial charge in [0.2, 0.25) is 0 Å². The van der Waals surface area contributed by atoms with Crippen LogP contribution in [0.1, 0.15) is 32.1 Å². The molecule has 94 valence electrons. The van der Waals surface area contributed by atoms with Crippen molar-refractivity contribution in [1.29, 1.82) is 0 Å². The number of hydrogen-bond donors (Lipinski definition) is 1. The summed E-state index contributed by atoms with van der Waals surface area (Å²) < 4.78 is 18.8. The highest BCUT2D eigenvalue weighted by molar-refractivity contribution is 6.30. The van der Waals surface area contributed by atoms with Gasteiger partial charge in [0.15, 0.2) is 11.6 Å². The minimum atomic E-state index is -0.801. The Balaban J connectivity index is 1.97. The number of rotatable bonds is 3. The molecule has 1 aromatic carbocycles. The summed E-state index contributed by atoms with van der Waals surface area (Å²) in [6.07, 6.45) is 4.61. The molecule has 1 fully saturated rings. The summed E-state index contributed by atoms with van der Waals surface area (Å²) in [7, 11) is 0. The molecular formula is C13H16ClFO2. The van der Waals surface area contributed by atoms with E-state index < -0.39 is 11.4 Å². The Morgan fingerprint density at radius 1 is 1.29 bits per heavy atom. The zero-order valence-corrected chi connectivity index (χ0v) is 10.3. The molecule has 17 heavy (non-hydrogen) atoms. The molecule has 1 aliphatic carbocycles. The number of hydrogen-bond acceptors (Lipinski definition) is 2. The molecular weight excluding hydrogens is 243 g/mol. The average molecular weight is 259 g/mol. The van der Waals surface area contributed by atoms with Crippen LogP contribution in [-0.4, -0.2) is 17.3 Å². The molecule has 0 amide bonds. The third-order valence-corrected chi connectivity index (χ3v) is 3.41. The molecule has 0 heterocycles. The monoisotopic (exact) mass is 258 g/mol. The van der Waals surface area contributed by atoms with Crippen LogP contribution in [0.3, 0.4) is 0 Å². The lowest BCUT2D eigenvalue weighted by atomic mass is 9.85. The van der Waals surface area contributed by atoms with Crippen LogP contribution in [0.4, 0.5) is 4.39 Å². The van der Waals surface area contributed by atoms with Crippen molar-refractivity contribution in [2.75, 3.05) is 6.61 Å². The number of benzene rings is 1. The minimum absolute atomic E-state index is 0.144. The molecule has 4 heteroatoms. The van der Waals surface area contributed by atoms with Crippen LogP contribution in [0, 0.1) is 5.82 Å². The molecule has 0 spiro atoms. The quantitative estimate of drug-likeness (QED) is 0.898. The van der Waals surface area contributed by atoms with E-state index >= 15 is 0 Å². The second-order valence-corrected chi connectivity index (χ2v) is 5.08. The predicted molar refractivity (Wildman–Crippen MR) is 64.9 cm³/mol. The van der Waals surface area contributed by atoms with Crippen LogP contribution in [0.25, 0.3) is 0 Å². The first-order chi connectivity index (χ1) is 8.09. The van der Waals surface area contributed by atoms with Gasteiger partial charge in [-0.25, -0.2) is 4.39 Å². The van der Waals surface area contributed by atoms with E-state index in [0.717, 1.165) is 32.1 Å². The van der Waals surface area contributed by atoms with Gasteiger partial charge in [-0.1, -0.05) is 30.9 Å². The van der Waals surface area contributed by atoms with Crippen molar-refractivity contribution >= 4 is 11.6 Å². The zero-order valence-electron chi connectivity index (χ0n) is 9.59. The van der Waals surface area contributed by atoms with Crippen molar-refractivity contribution in [3.63, 3.8) is 0 Å². The van der Waals surface area contributed by atoms with E-state index in [9.17, 15) is 9.50 Å². The van der Waals surface area contributed by atoms with Crippen molar-refractivity contribution in [2.24, 2.45) is 0 Å². The van der Waals surface area contributed by atoms with Gasteiger partial charge >= 0.3 is 0 Å². The summed E-state index contributed by atoms with van der Waals surface area (Å²) in [5.41, 5.74) is -0.801. The van der Waals surface area contributed by atoms with Crippen molar-refractivity contribution in [3.8, 4) is 5.75 Å². The van der Waals surface area contributed by atoms with Gasteiger partial charge in [-0.05, 0) is 31.0 Å². The van der Waals surface area contributed by atoms with Gasteiger partial charge in [0.25, 0.3) is 0 Å². The second kappa shape index (κ2) is 5.23. The van der Waals surface area contributed by atoms with Crippen LogP contribution in [-0.2, 0) is 0 Å². The molecule has 1 aliphatic rings. The third kappa shape index (κ3) is 3.33. The first-order valence-electron chi connectivity index (χ1n) is 5.89. The smallest absolute Gasteiger partial charge is 0.166 e. The van der Waals surface area contributed by atoms with Crippen LogP contribution in [0.5, 0.6) is 5.75 Å². The van der Waals surface area contributed by atoms with Gasteiger partial charge < -0.3 is 9.84 Å². The molecule has 0 radical (unpaired) electrons. The van der Waals surface area contributed by atoms with Gasteiger partial charge in [0, 0.05) is 5.02 Å². The first kappa shape index (κ1) is 12.7. The lowest BCUT2D eigenvalue weighted by Gasteiger charge is -2.31. The minimum Gasteiger partial charge on any atom is -0.488 e. The highest BCUT2D eigenvalue weighted by atomic mass is 35.5. The summed E-state index contributed by atoms with van der Waals surface area (Å²) in [6.45, 7) is 0.144. The van der Waals surface area contributed by atoms with E-state index in [1.807, 2.05) is 0 Å². The zero-order chi connectivity index (χ0) is 12.3. The van der Waals surface area contributed by atoms with Crippen molar-refractivity contribution in [3.05, 3.63) is 29.0 Å². The Kier molecular flexibility index (Phi) is 3.89. The van der Waals surface area contributed by atoms with E-state index in [4.69, 9.17) is 16.3 Å². The molecule has 0 saturated heterocycles. The van der Waals surface area contributed by atoms with Crippen molar-refractivity contribution in [2.45, 2.75) is 37.7 Å². The summed E-state index contributed by atoms with van der Waals surface area (Å²) in [6, 6.07) is 4.27. The van der Waals surface area contributed by atoms with Crippen LogP contribution in [0.2, 0.25) is 5.02 Å². The number of ether oxygens (including phenoxy) is 1. The maximum atomic E-state index is 13.4. The summed E-state index contributed by atoms with van der Waals surface area (Å²) in [5, 5.41) is 10.5. The lowest BCUT2D eigenvalue weighted by Crippen LogP contribution is -2.38. The fourth-order valence-corrected chi connectivity index (χ4v) is 2.32. The van der Waals surface area contributed by atoms with Gasteiger partial charge in [0.1, 0.15) is 6.61 Å². The Morgan fingerprint density at radius 2 is 2.00 bits per heavy atom. The molecule has 1 N–H and O–H groups in total. The normalized spacial score (nSPS) is 19.0. The molecule has 0 atom stereocenters. The first-order valence-corrected chi connectivity index (χ1v) is 6.27. The Morgan fingerprint density at radius 3 is 2.65 bits per heavy atom. The maximum Gasteiger partial charge on any atom is 0.166 e. The molecule has 1 aromatic rings. The van der Waals surface area contributed by atoms with Gasteiger partial charge in [0.05, 0.1) is 5.60 Å². The van der Waals surface area contributed by atoms with Gasteiger partial charge in [-0.2, -0.15) is 0 Å². The van der Waals surface area contributed by atoms with Crippen molar-refractivity contribution < 1.29 is 14.2 Å². The van der Waals surface area contributed by atoms with Crippen LogP contribution >= 0.6 is 11.6 Å². The Hall–Kier alpha value is -0.800. The SMILES string of the molecule is OC1(COc2ccc(Cl)cc2F)CCCCC1. The summed E-state index contributed by atoms with van der Waals surface area (Å²) in [4.78, 5) is 0. The Labute approximate surface area is 105 Å². The highest BCUT2D eigenvalue weighted by Crippen LogP contribution is 2.29. The fraction of sp³-hybridized carbons (Fsp3) is 0.538. The Bertz CT molecular complexity index is 389. The molecule has 2 nitrogen and oxygen atoms in total. The second-order valence-electron chi connectivity index (χ2n) is 4.65. The molecule has 0 aromatic heterocycles. The fourth-order valence-electron chi connectivity index (χ4n) is 2.16. The molecule has 0 aliphatic heterocycles. The van der Waals surface area contributed by atoms with E-state index in [1.54, 1.807) is 6.07 Å². The standard InChI is InChI=1S/C13H16ClFO2/c14-10-4-5-12(11(15)8-10)17-9-13(16)6-2-1-3-7-13/h4-5,8,16H,1-3,6-7,9H2. The largest absolute Gasteiger partial charge is 0.488 e. The average Bonchev–Trinajstić information content (AvgIpc) is 2.29. The summed E-state index contributed by atoms with van der Waals surface area (Å²) in [5.74, 6) is -0.342. The van der Waals surface area contributed by atoms with E-state index in [-0.39, 0.29) is 12.4 Å². The topological polar surface area (TPSA) is 29.5 Å². The van der Waals surface area contributed by atoms with Gasteiger partial charge in [-0.3, -0.25) is 0 Å². The molecule has 0 bridgehead atoms. The molecule has 2 rings (SSSR count). The molecule has 0 unspecified atom stereocenters. The van der Waals surface area contributed by atoms with Crippen LogP contribution in [0.15, 0.2) is 18.2 Å². The number of halogens is 2. The van der Waals surface area contributed by atoms with E-state index in [1.165, 1.54) is 12.1 Å². The number of aliphatic hydroxyl groups is 1. The van der Waals surface area contributed by atoms with Crippen LogP contribution < -0.4 is 4.74 Å². The predicted octanol–water partition coefficient (Wildman–Crippen LogP) is 3.55. The van der Waals surface area contributed by atoms with Crippen molar-refractivity contribution in [1.82, 2.24) is 0 Å². The lowest BCUT2D eigenvalue weighted by molar-refractivity contribution is -0.0346. The van der Waals surface area contributed by atoms with Gasteiger partial charge in [-0.15, -0.1) is 0 Å². The maximum absolute atomic E-state index is 13.4. The molecule has 1 saturated carbocycles.